The highest BCUT2D eigenvalue weighted by atomic mass is 15.1. The van der Waals surface area contributed by atoms with E-state index in [1.807, 2.05) is 0 Å². The number of hydrogen-bond donors (Lipinski definition) is 0. The molecule has 2 heteroatoms. The van der Waals surface area contributed by atoms with Gasteiger partial charge >= 0.3 is 0 Å². The fourth-order valence-electron chi connectivity index (χ4n) is 8.96. The minimum atomic E-state index is 1.08. The Bertz CT molecular complexity index is 3290. The monoisotopic (exact) mass is 764 g/mol. The first kappa shape index (κ1) is 35.2. The average molecular weight is 765 g/mol. The molecule has 1 heterocycles. The maximum absolute atomic E-state index is 2.50. The van der Waals surface area contributed by atoms with E-state index in [9.17, 15) is 0 Å². The zero-order valence-electron chi connectivity index (χ0n) is 33.0. The number of nitrogens with zero attached hydrogens (tertiary/aromatic N) is 2. The molecule has 282 valence electrons. The molecule has 0 spiro atoms. The van der Waals surface area contributed by atoms with Gasteiger partial charge in [-0.1, -0.05) is 200 Å². The van der Waals surface area contributed by atoms with E-state index < -0.39 is 0 Å². The number of hydrogen-bond acceptors (Lipinski definition) is 1. The molecule has 11 aromatic rings. The van der Waals surface area contributed by atoms with Crippen LogP contribution >= 0.6 is 0 Å². The van der Waals surface area contributed by atoms with Crippen molar-refractivity contribution in [3.05, 3.63) is 243 Å². The van der Waals surface area contributed by atoms with Gasteiger partial charge in [-0.2, -0.15) is 0 Å². The lowest BCUT2D eigenvalue weighted by molar-refractivity contribution is 1.18. The van der Waals surface area contributed by atoms with Gasteiger partial charge < -0.3 is 9.47 Å². The van der Waals surface area contributed by atoms with Gasteiger partial charge in [-0.3, -0.25) is 0 Å². The lowest BCUT2D eigenvalue weighted by atomic mass is 9.94. The third kappa shape index (κ3) is 6.23. The second kappa shape index (κ2) is 15.1. The van der Waals surface area contributed by atoms with Gasteiger partial charge in [0, 0.05) is 33.3 Å². The summed E-state index contributed by atoms with van der Waals surface area (Å²) in [4.78, 5) is 2.42. The molecule has 0 atom stereocenters. The Hall–Kier alpha value is -7.94. The summed E-state index contributed by atoms with van der Waals surface area (Å²) in [5.74, 6) is 0. The zero-order valence-corrected chi connectivity index (χ0v) is 33.0. The molecule has 11 rings (SSSR count). The van der Waals surface area contributed by atoms with E-state index in [2.05, 4.69) is 252 Å². The standard InChI is InChI=1S/C58H40N2/c1-4-17-41(18-5-1)43-31-34-47(35-32-43)59(55-29-14-12-26-50(55)45-21-8-3-9-22-45)48-36-38-54-52-27-13-15-30-56(52)60(58(54)40-48)57-39-46(42-19-6-2-7-20-42)33-37-53(57)51-28-16-24-44-23-10-11-25-49(44)51/h1-40H. The number of rotatable bonds is 8. The zero-order chi connectivity index (χ0) is 39.8. The smallest absolute Gasteiger partial charge is 0.0562 e. The second-order valence-corrected chi connectivity index (χ2v) is 15.3. The molecule has 0 unspecified atom stereocenters. The number of para-hydroxylation sites is 2. The van der Waals surface area contributed by atoms with Gasteiger partial charge in [0.25, 0.3) is 0 Å². The number of benzene rings is 10. The summed E-state index contributed by atoms with van der Waals surface area (Å²) in [7, 11) is 0. The predicted octanol–water partition coefficient (Wildman–Crippen LogP) is 16.1. The Labute approximate surface area is 350 Å². The summed E-state index contributed by atoms with van der Waals surface area (Å²) < 4.78 is 2.50. The molecule has 0 bridgehead atoms. The first-order valence-electron chi connectivity index (χ1n) is 20.6. The number of aromatic nitrogens is 1. The van der Waals surface area contributed by atoms with Crippen molar-refractivity contribution in [1.82, 2.24) is 4.57 Å². The molecule has 10 aromatic carbocycles. The second-order valence-electron chi connectivity index (χ2n) is 15.3. The van der Waals surface area contributed by atoms with Gasteiger partial charge in [0.15, 0.2) is 0 Å². The van der Waals surface area contributed by atoms with E-state index in [1.165, 1.54) is 71.6 Å². The van der Waals surface area contributed by atoms with Crippen molar-refractivity contribution in [3.8, 4) is 50.2 Å². The van der Waals surface area contributed by atoms with Crippen LogP contribution in [0.2, 0.25) is 0 Å². The SMILES string of the molecule is c1ccc(-c2ccc(N(c3ccc4c5ccccc5n(-c5cc(-c6ccccc6)ccc5-c5cccc6ccccc56)c4c3)c3ccccc3-c3ccccc3)cc2)cc1. The first-order valence-corrected chi connectivity index (χ1v) is 20.6. The summed E-state index contributed by atoms with van der Waals surface area (Å²) in [6, 6.07) is 88.0. The van der Waals surface area contributed by atoms with Crippen LogP contribution in [0.25, 0.3) is 82.8 Å². The van der Waals surface area contributed by atoms with Crippen LogP contribution in [0.5, 0.6) is 0 Å². The maximum Gasteiger partial charge on any atom is 0.0562 e. The normalized spacial score (nSPS) is 11.3. The first-order chi connectivity index (χ1) is 29.8. The van der Waals surface area contributed by atoms with Crippen LogP contribution in [0.4, 0.5) is 17.1 Å². The molecule has 0 N–H and O–H groups in total. The molecular formula is C58H40N2. The van der Waals surface area contributed by atoms with Gasteiger partial charge in [-0.15, -0.1) is 0 Å². The largest absolute Gasteiger partial charge is 0.310 e. The number of fused-ring (bicyclic) bond motifs is 4. The van der Waals surface area contributed by atoms with E-state index in [1.54, 1.807) is 0 Å². The van der Waals surface area contributed by atoms with Crippen LogP contribution in [0.3, 0.4) is 0 Å². The Morgan fingerprint density at radius 1 is 0.283 bits per heavy atom. The van der Waals surface area contributed by atoms with E-state index >= 15 is 0 Å². The molecule has 0 aliphatic carbocycles. The third-order valence-electron chi connectivity index (χ3n) is 11.8. The average Bonchev–Trinajstić information content (AvgIpc) is 3.66. The van der Waals surface area contributed by atoms with Crippen LogP contribution in [0.15, 0.2) is 243 Å². The van der Waals surface area contributed by atoms with Crippen molar-refractivity contribution in [3.63, 3.8) is 0 Å². The summed E-state index contributed by atoms with van der Waals surface area (Å²) in [6.07, 6.45) is 0. The molecule has 0 amide bonds. The highest BCUT2D eigenvalue weighted by Crippen LogP contribution is 2.45. The highest BCUT2D eigenvalue weighted by molar-refractivity contribution is 6.12. The molecule has 0 aliphatic heterocycles. The van der Waals surface area contributed by atoms with Crippen molar-refractivity contribution < 1.29 is 0 Å². The third-order valence-corrected chi connectivity index (χ3v) is 11.8. The lowest BCUT2D eigenvalue weighted by Gasteiger charge is -2.28. The molecule has 0 saturated carbocycles. The minimum Gasteiger partial charge on any atom is -0.310 e. The van der Waals surface area contributed by atoms with Crippen molar-refractivity contribution in [2.45, 2.75) is 0 Å². The number of anilines is 3. The van der Waals surface area contributed by atoms with Crippen LogP contribution in [0, 0.1) is 0 Å². The Morgan fingerprint density at radius 2 is 0.817 bits per heavy atom. The Morgan fingerprint density at radius 3 is 1.58 bits per heavy atom. The molecular weight excluding hydrogens is 725 g/mol. The van der Waals surface area contributed by atoms with E-state index in [4.69, 9.17) is 0 Å². The predicted molar refractivity (Wildman–Crippen MR) is 255 cm³/mol. The molecule has 2 nitrogen and oxygen atoms in total. The van der Waals surface area contributed by atoms with Gasteiger partial charge in [0.1, 0.15) is 0 Å². The minimum absolute atomic E-state index is 1.08. The molecule has 60 heavy (non-hydrogen) atoms. The van der Waals surface area contributed by atoms with Crippen LogP contribution in [-0.2, 0) is 0 Å². The van der Waals surface area contributed by atoms with Crippen LogP contribution < -0.4 is 4.90 Å². The maximum atomic E-state index is 2.50. The van der Waals surface area contributed by atoms with Gasteiger partial charge in [0.2, 0.25) is 0 Å². The Kier molecular flexibility index (Phi) is 8.87. The van der Waals surface area contributed by atoms with Crippen molar-refractivity contribution in [2.75, 3.05) is 4.90 Å². The Balaban J connectivity index is 1.18. The van der Waals surface area contributed by atoms with E-state index in [-0.39, 0.29) is 0 Å². The van der Waals surface area contributed by atoms with Gasteiger partial charge in [0.05, 0.1) is 22.4 Å². The van der Waals surface area contributed by atoms with Crippen molar-refractivity contribution in [1.29, 1.82) is 0 Å². The summed E-state index contributed by atoms with van der Waals surface area (Å²) in [5, 5.41) is 4.89. The van der Waals surface area contributed by atoms with E-state index in [0.717, 1.165) is 28.3 Å². The fraction of sp³-hybridized carbons (Fsp3) is 0. The quantitative estimate of drug-likeness (QED) is 0.150. The van der Waals surface area contributed by atoms with Crippen LogP contribution in [-0.4, -0.2) is 4.57 Å². The molecule has 0 aliphatic rings. The summed E-state index contributed by atoms with van der Waals surface area (Å²) in [5.41, 5.74) is 16.2. The molecule has 0 fully saturated rings. The molecule has 1 aromatic heterocycles. The van der Waals surface area contributed by atoms with Crippen molar-refractivity contribution in [2.24, 2.45) is 0 Å². The molecule has 0 saturated heterocycles. The van der Waals surface area contributed by atoms with Gasteiger partial charge in [-0.25, -0.2) is 0 Å². The van der Waals surface area contributed by atoms with Crippen LogP contribution in [0.1, 0.15) is 0 Å². The van der Waals surface area contributed by atoms with Crippen molar-refractivity contribution >= 4 is 49.6 Å². The molecule has 0 radical (unpaired) electrons. The summed E-state index contributed by atoms with van der Waals surface area (Å²) >= 11 is 0. The summed E-state index contributed by atoms with van der Waals surface area (Å²) in [6.45, 7) is 0. The fourth-order valence-corrected chi connectivity index (χ4v) is 8.96. The van der Waals surface area contributed by atoms with E-state index in [0.29, 0.717) is 0 Å². The topological polar surface area (TPSA) is 8.17 Å². The van der Waals surface area contributed by atoms with Gasteiger partial charge in [-0.05, 0) is 86.6 Å². The lowest BCUT2D eigenvalue weighted by Crippen LogP contribution is -2.11. The highest BCUT2D eigenvalue weighted by Gasteiger charge is 2.22.